The summed E-state index contributed by atoms with van der Waals surface area (Å²) >= 11 is 1.41. The minimum absolute atomic E-state index is 0.119. The zero-order valence-corrected chi connectivity index (χ0v) is 11.6. The SMILES string of the molecule is COc1ccc(Sc2nc3ccccc3c(=O)[nH]2)cc1. The molecule has 3 aromatic rings. The molecule has 20 heavy (non-hydrogen) atoms. The van der Waals surface area contributed by atoms with Crippen molar-refractivity contribution in [2.24, 2.45) is 0 Å². The predicted molar refractivity (Wildman–Crippen MR) is 79.5 cm³/mol. The number of fused-ring (bicyclic) bond motifs is 1. The van der Waals surface area contributed by atoms with Crippen LogP contribution in [-0.2, 0) is 0 Å². The summed E-state index contributed by atoms with van der Waals surface area (Å²) in [6.07, 6.45) is 0. The first-order valence-electron chi connectivity index (χ1n) is 6.07. The first-order valence-corrected chi connectivity index (χ1v) is 6.89. The van der Waals surface area contributed by atoms with Crippen LogP contribution >= 0.6 is 11.8 Å². The lowest BCUT2D eigenvalue weighted by atomic mass is 10.2. The van der Waals surface area contributed by atoms with Crippen LogP contribution in [0.4, 0.5) is 0 Å². The monoisotopic (exact) mass is 284 g/mol. The summed E-state index contributed by atoms with van der Waals surface area (Å²) in [5, 5.41) is 1.19. The number of nitrogens with zero attached hydrogens (tertiary/aromatic N) is 1. The zero-order valence-electron chi connectivity index (χ0n) is 10.8. The molecule has 0 saturated carbocycles. The first kappa shape index (κ1) is 12.7. The number of rotatable bonds is 3. The van der Waals surface area contributed by atoms with Crippen molar-refractivity contribution in [2.75, 3.05) is 7.11 Å². The number of benzene rings is 2. The van der Waals surface area contributed by atoms with E-state index in [4.69, 9.17) is 4.74 Å². The molecular formula is C15H12N2O2S. The Bertz CT molecular complexity index is 797. The maximum Gasteiger partial charge on any atom is 0.259 e. The number of nitrogens with one attached hydrogen (secondary N) is 1. The van der Waals surface area contributed by atoms with Crippen LogP contribution in [0.2, 0.25) is 0 Å². The fraction of sp³-hybridized carbons (Fsp3) is 0.0667. The molecule has 2 aromatic carbocycles. The third-order valence-corrected chi connectivity index (χ3v) is 3.76. The van der Waals surface area contributed by atoms with Gasteiger partial charge in [0.2, 0.25) is 0 Å². The van der Waals surface area contributed by atoms with E-state index in [2.05, 4.69) is 9.97 Å². The standard InChI is InChI=1S/C15H12N2O2S/c1-19-10-6-8-11(9-7-10)20-15-16-13-5-3-2-4-12(13)14(18)17-15/h2-9H,1H3,(H,16,17,18). The summed E-state index contributed by atoms with van der Waals surface area (Å²) in [5.74, 6) is 0.800. The first-order chi connectivity index (χ1) is 9.76. The lowest BCUT2D eigenvalue weighted by Crippen LogP contribution is -2.08. The summed E-state index contributed by atoms with van der Waals surface area (Å²) < 4.78 is 5.11. The molecule has 0 radical (unpaired) electrons. The van der Waals surface area contributed by atoms with Gasteiger partial charge in [0.15, 0.2) is 5.16 Å². The number of aromatic nitrogens is 2. The number of hydrogen-bond acceptors (Lipinski definition) is 4. The van der Waals surface area contributed by atoms with Crippen LogP contribution in [0, 0.1) is 0 Å². The minimum atomic E-state index is -0.119. The fourth-order valence-corrected chi connectivity index (χ4v) is 2.65. The number of aromatic amines is 1. The summed E-state index contributed by atoms with van der Waals surface area (Å²) in [5.41, 5.74) is 0.582. The molecule has 0 bridgehead atoms. The van der Waals surface area contributed by atoms with Gasteiger partial charge in [-0.1, -0.05) is 23.9 Å². The maximum absolute atomic E-state index is 12.0. The second kappa shape index (κ2) is 5.38. The highest BCUT2D eigenvalue weighted by molar-refractivity contribution is 7.99. The number of ether oxygens (including phenoxy) is 1. The zero-order chi connectivity index (χ0) is 13.9. The second-order valence-electron chi connectivity index (χ2n) is 4.17. The van der Waals surface area contributed by atoms with Gasteiger partial charge in [0, 0.05) is 4.90 Å². The quantitative estimate of drug-likeness (QED) is 0.751. The van der Waals surface area contributed by atoms with E-state index in [1.165, 1.54) is 11.8 Å². The summed E-state index contributed by atoms with van der Waals surface area (Å²) in [4.78, 5) is 20.2. The molecule has 0 saturated heterocycles. The highest BCUT2D eigenvalue weighted by atomic mass is 32.2. The molecule has 1 N–H and O–H groups in total. The van der Waals surface area contributed by atoms with Crippen molar-refractivity contribution in [3.63, 3.8) is 0 Å². The van der Waals surface area contributed by atoms with E-state index >= 15 is 0 Å². The van der Waals surface area contributed by atoms with Crippen molar-refractivity contribution in [1.82, 2.24) is 9.97 Å². The van der Waals surface area contributed by atoms with Crippen molar-refractivity contribution < 1.29 is 4.74 Å². The molecule has 5 heteroatoms. The topological polar surface area (TPSA) is 55.0 Å². The van der Waals surface area contributed by atoms with Gasteiger partial charge < -0.3 is 9.72 Å². The third kappa shape index (κ3) is 2.53. The van der Waals surface area contributed by atoms with E-state index < -0.39 is 0 Å². The molecule has 1 heterocycles. The third-order valence-electron chi connectivity index (χ3n) is 2.87. The van der Waals surface area contributed by atoms with E-state index in [9.17, 15) is 4.79 Å². The second-order valence-corrected chi connectivity index (χ2v) is 5.23. The molecule has 0 unspecified atom stereocenters. The highest BCUT2D eigenvalue weighted by Crippen LogP contribution is 2.26. The van der Waals surface area contributed by atoms with Crippen LogP contribution in [0.5, 0.6) is 5.75 Å². The van der Waals surface area contributed by atoms with E-state index in [-0.39, 0.29) is 5.56 Å². The van der Waals surface area contributed by atoms with Gasteiger partial charge >= 0.3 is 0 Å². The largest absolute Gasteiger partial charge is 0.497 e. The van der Waals surface area contributed by atoms with Gasteiger partial charge in [-0.15, -0.1) is 0 Å². The molecule has 0 atom stereocenters. The van der Waals surface area contributed by atoms with E-state index in [0.29, 0.717) is 16.1 Å². The van der Waals surface area contributed by atoms with Crippen molar-refractivity contribution in [3.05, 3.63) is 58.9 Å². The van der Waals surface area contributed by atoms with Gasteiger partial charge in [0.05, 0.1) is 18.0 Å². The summed E-state index contributed by atoms with van der Waals surface area (Å²) in [6, 6.07) is 14.9. The van der Waals surface area contributed by atoms with Gasteiger partial charge in [-0.2, -0.15) is 0 Å². The summed E-state index contributed by atoms with van der Waals surface area (Å²) in [7, 11) is 1.63. The van der Waals surface area contributed by atoms with Crippen LogP contribution in [0.3, 0.4) is 0 Å². The number of hydrogen-bond donors (Lipinski definition) is 1. The van der Waals surface area contributed by atoms with Gasteiger partial charge in [-0.25, -0.2) is 4.98 Å². The number of methoxy groups -OCH3 is 1. The Morgan fingerprint density at radius 3 is 2.60 bits per heavy atom. The van der Waals surface area contributed by atoms with E-state index in [0.717, 1.165) is 10.6 Å². The van der Waals surface area contributed by atoms with Crippen molar-refractivity contribution in [1.29, 1.82) is 0 Å². The minimum Gasteiger partial charge on any atom is -0.497 e. The average molecular weight is 284 g/mol. The predicted octanol–water partition coefficient (Wildman–Crippen LogP) is 3.08. The fourth-order valence-electron chi connectivity index (χ4n) is 1.87. The lowest BCUT2D eigenvalue weighted by molar-refractivity contribution is 0.414. The highest BCUT2D eigenvalue weighted by Gasteiger charge is 2.05. The normalized spacial score (nSPS) is 10.7. The van der Waals surface area contributed by atoms with Gasteiger partial charge in [0.25, 0.3) is 5.56 Å². The molecule has 0 spiro atoms. The van der Waals surface area contributed by atoms with Crippen LogP contribution in [0.15, 0.2) is 63.4 Å². The average Bonchev–Trinajstić information content (AvgIpc) is 2.48. The van der Waals surface area contributed by atoms with Crippen LogP contribution in [0.1, 0.15) is 0 Å². The van der Waals surface area contributed by atoms with Crippen molar-refractivity contribution in [2.45, 2.75) is 10.1 Å². The Hall–Kier alpha value is -2.27. The van der Waals surface area contributed by atoms with Gasteiger partial charge in [0.1, 0.15) is 5.75 Å². The van der Waals surface area contributed by atoms with E-state index in [1.54, 1.807) is 13.2 Å². The Morgan fingerprint density at radius 2 is 1.85 bits per heavy atom. The molecule has 0 aliphatic heterocycles. The molecule has 0 aliphatic rings. The Morgan fingerprint density at radius 1 is 1.10 bits per heavy atom. The Labute approximate surface area is 119 Å². The molecule has 0 amide bonds. The molecule has 3 rings (SSSR count). The van der Waals surface area contributed by atoms with Crippen LogP contribution in [-0.4, -0.2) is 17.1 Å². The maximum atomic E-state index is 12.0. The van der Waals surface area contributed by atoms with E-state index in [1.807, 2.05) is 42.5 Å². The molecular weight excluding hydrogens is 272 g/mol. The molecule has 100 valence electrons. The number of H-pyrrole nitrogens is 1. The smallest absolute Gasteiger partial charge is 0.259 e. The molecule has 0 fully saturated rings. The lowest BCUT2D eigenvalue weighted by Gasteiger charge is -2.04. The van der Waals surface area contributed by atoms with Crippen molar-refractivity contribution in [3.8, 4) is 5.75 Å². The van der Waals surface area contributed by atoms with Crippen LogP contribution in [0.25, 0.3) is 10.9 Å². The Kier molecular flexibility index (Phi) is 3.43. The van der Waals surface area contributed by atoms with Crippen molar-refractivity contribution >= 4 is 22.7 Å². The van der Waals surface area contributed by atoms with Crippen LogP contribution < -0.4 is 10.3 Å². The number of para-hydroxylation sites is 1. The van der Waals surface area contributed by atoms with Gasteiger partial charge in [-0.3, -0.25) is 4.79 Å². The Balaban J connectivity index is 1.96. The van der Waals surface area contributed by atoms with Gasteiger partial charge in [-0.05, 0) is 36.4 Å². The molecule has 1 aromatic heterocycles. The summed E-state index contributed by atoms with van der Waals surface area (Å²) in [6.45, 7) is 0. The molecule has 0 aliphatic carbocycles. The molecule has 4 nitrogen and oxygen atoms in total.